The number of hydrogen-bond donors (Lipinski definition) is 2. The number of nitrogens with one attached hydrogen (secondary N) is 1. The highest BCUT2D eigenvalue weighted by Gasteiger charge is 2.08. The van der Waals surface area contributed by atoms with Crippen molar-refractivity contribution in [1.29, 1.82) is 0 Å². The minimum Gasteiger partial charge on any atom is -0.399 e. The molecule has 4 aromatic carbocycles. The summed E-state index contributed by atoms with van der Waals surface area (Å²) in [5.41, 5.74) is 9.82. The Balaban J connectivity index is 0.000000137. The molecule has 268 valence electrons. The van der Waals surface area contributed by atoms with Crippen molar-refractivity contribution in [3.05, 3.63) is 185 Å². The molecule has 53 heavy (non-hydrogen) atoms. The van der Waals surface area contributed by atoms with Gasteiger partial charge in [0.2, 0.25) is 5.56 Å². The van der Waals surface area contributed by atoms with E-state index < -0.39 is 4.92 Å². The van der Waals surface area contributed by atoms with Crippen LogP contribution in [0.1, 0.15) is 13.8 Å². The quantitative estimate of drug-likeness (QED) is 0.118. The van der Waals surface area contributed by atoms with Gasteiger partial charge < -0.3 is 24.4 Å². The molecule has 0 aliphatic heterocycles. The van der Waals surface area contributed by atoms with E-state index in [1.165, 1.54) is 24.3 Å². The molecule has 12 nitrogen and oxygen atoms in total. The van der Waals surface area contributed by atoms with Crippen molar-refractivity contribution in [3.8, 4) is 0 Å². The first-order valence-electron chi connectivity index (χ1n) is 16.8. The molecule has 8 rings (SSSR count). The van der Waals surface area contributed by atoms with Gasteiger partial charge in [-0.3, -0.25) is 29.3 Å². The lowest BCUT2D eigenvalue weighted by Crippen LogP contribution is -2.17. The van der Waals surface area contributed by atoms with Gasteiger partial charge in [-0.15, -0.1) is 0 Å². The topological polar surface area (TPSA) is 168 Å². The van der Waals surface area contributed by atoms with Crippen LogP contribution >= 0.6 is 0 Å². The molecule has 4 aromatic heterocycles. The summed E-state index contributed by atoms with van der Waals surface area (Å²) in [4.78, 5) is 57.9. The van der Waals surface area contributed by atoms with Gasteiger partial charge in [0.25, 0.3) is 22.4 Å². The van der Waals surface area contributed by atoms with Crippen molar-refractivity contribution in [2.45, 2.75) is 26.9 Å². The molecule has 0 amide bonds. The fourth-order valence-corrected chi connectivity index (χ4v) is 5.80. The third-order valence-corrected chi connectivity index (χ3v) is 8.50. The first-order chi connectivity index (χ1) is 25.5. The number of aromatic nitrogens is 4. The predicted molar refractivity (Wildman–Crippen MR) is 213 cm³/mol. The Bertz CT molecular complexity index is 2820. The van der Waals surface area contributed by atoms with Crippen LogP contribution in [0.25, 0.3) is 43.6 Å². The maximum absolute atomic E-state index is 11.5. The number of nitrogens with two attached hydrogens (primary N) is 1. The van der Waals surface area contributed by atoms with E-state index in [0.717, 1.165) is 44.8 Å². The molecular formula is C41H38N6O6. The number of pyridine rings is 4. The van der Waals surface area contributed by atoms with Crippen LogP contribution in [0.4, 0.5) is 11.4 Å². The fraction of sp³-hybridized carbons (Fsp3) is 0.122. The van der Waals surface area contributed by atoms with Crippen molar-refractivity contribution in [2.24, 2.45) is 7.05 Å². The molecule has 0 radical (unpaired) electrons. The summed E-state index contributed by atoms with van der Waals surface area (Å²) in [7, 11) is 1.75. The van der Waals surface area contributed by atoms with Crippen molar-refractivity contribution >= 4 is 55.0 Å². The number of benzene rings is 4. The summed E-state index contributed by atoms with van der Waals surface area (Å²) in [5, 5.41) is 14.5. The minimum absolute atomic E-state index is 0.00253. The number of H-pyrrole nitrogens is 1. The Morgan fingerprint density at radius 3 is 1.77 bits per heavy atom. The lowest BCUT2D eigenvalue weighted by atomic mass is 10.2. The highest BCUT2D eigenvalue weighted by atomic mass is 16.6. The number of para-hydroxylation sites is 2. The third kappa shape index (κ3) is 8.81. The first kappa shape index (κ1) is 37.2. The smallest absolute Gasteiger partial charge is 0.270 e. The molecule has 0 saturated heterocycles. The minimum atomic E-state index is -0.444. The highest BCUT2D eigenvalue weighted by Crippen LogP contribution is 2.19. The zero-order valence-electron chi connectivity index (χ0n) is 29.4. The van der Waals surface area contributed by atoms with Crippen LogP contribution in [0.3, 0.4) is 0 Å². The second-order valence-electron chi connectivity index (χ2n) is 11.8. The van der Waals surface area contributed by atoms with Crippen molar-refractivity contribution in [1.82, 2.24) is 18.7 Å². The van der Waals surface area contributed by atoms with Gasteiger partial charge in [-0.2, -0.15) is 0 Å². The summed E-state index contributed by atoms with van der Waals surface area (Å²) in [6, 6.07) is 38.8. The van der Waals surface area contributed by atoms with Crippen molar-refractivity contribution in [2.75, 3.05) is 5.73 Å². The van der Waals surface area contributed by atoms with Gasteiger partial charge in [-0.1, -0.05) is 36.4 Å². The second kappa shape index (κ2) is 16.8. The molecular weight excluding hydrogens is 672 g/mol. The number of aryl methyl sites for hydroxylation is 3. The van der Waals surface area contributed by atoms with Gasteiger partial charge in [-0.05, 0) is 85.3 Å². The molecule has 3 N–H and O–H groups in total. The van der Waals surface area contributed by atoms with E-state index in [2.05, 4.69) is 4.98 Å². The van der Waals surface area contributed by atoms with E-state index in [1.54, 1.807) is 57.1 Å². The number of nitrogens with zero attached hydrogens (tertiary/aromatic N) is 4. The number of nitrogen functional groups attached to an aromatic ring is 1. The van der Waals surface area contributed by atoms with Crippen LogP contribution in [-0.2, 0) is 20.1 Å². The number of anilines is 1. The zero-order valence-corrected chi connectivity index (χ0v) is 29.4. The molecule has 0 aliphatic rings. The van der Waals surface area contributed by atoms with E-state index >= 15 is 0 Å². The number of nitro benzene ring substituents is 1. The summed E-state index contributed by atoms with van der Waals surface area (Å²) in [6.07, 6.45) is 0. The average Bonchev–Trinajstić information content (AvgIpc) is 3.17. The average molecular weight is 711 g/mol. The summed E-state index contributed by atoms with van der Waals surface area (Å²) >= 11 is 0. The Kier molecular flexibility index (Phi) is 11.8. The monoisotopic (exact) mass is 710 g/mol. The molecule has 0 spiro atoms. The van der Waals surface area contributed by atoms with E-state index in [9.17, 15) is 29.3 Å². The standard InChI is InChI=1S/C11H10N2O3.C11H11NO.C10H10N2O.C9H7NO/c1-2-12-10-5-4-9(13(15)16)7-8(10)3-6-11(12)14;1-2-12-10-6-4-3-5-9(10)7-8-11(12)13;1-12-9-4-3-8(11)6-7(9)2-5-10(12)13;11-9-6-5-7-3-1-2-4-8(7)10-9/h3-7H,2H2,1H3;3-8H,2H2,1H3;2-6H,11H2,1H3;1-6H,(H,10,11). The zero-order chi connectivity index (χ0) is 38.1. The Morgan fingerprint density at radius 1 is 0.585 bits per heavy atom. The molecule has 0 fully saturated rings. The van der Waals surface area contributed by atoms with Crippen LogP contribution < -0.4 is 28.0 Å². The number of nitro groups is 1. The van der Waals surface area contributed by atoms with Gasteiger partial charge >= 0.3 is 0 Å². The summed E-state index contributed by atoms with van der Waals surface area (Å²) in [6.45, 7) is 5.12. The molecule has 8 aromatic rings. The number of fused-ring (bicyclic) bond motifs is 4. The highest BCUT2D eigenvalue weighted by molar-refractivity contribution is 5.83. The number of aromatic amines is 1. The van der Waals surface area contributed by atoms with Gasteiger partial charge in [-0.25, -0.2) is 0 Å². The van der Waals surface area contributed by atoms with Crippen molar-refractivity contribution < 1.29 is 4.92 Å². The maximum Gasteiger partial charge on any atom is 0.270 e. The molecule has 4 heterocycles. The SMILES string of the molecule is CCn1c(=O)ccc2cc([N+](=O)[O-])ccc21.CCn1c(=O)ccc2ccccc21.Cn1c(=O)ccc2cc(N)ccc21.O=c1ccc2ccccc2[nH]1. The molecule has 0 aliphatic carbocycles. The van der Waals surface area contributed by atoms with E-state index in [4.69, 9.17) is 5.73 Å². The molecule has 0 atom stereocenters. The first-order valence-corrected chi connectivity index (χ1v) is 16.8. The van der Waals surface area contributed by atoms with Gasteiger partial charge in [0.15, 0.2) is 0 Å². The summed E-state index contributed by atoms with van der Waals surface area (Å²) in [5.74, 6) is 0. The van der Waals surface area contributed by atoms with E-state index in [0.29, 0.717) is 17.6 Å². The number of hydrogen-bond acceptors (Lipinski definition) is 7. The van der Waals surface area contributed by atoms with Gasteiger partial charge in [0.1, 0.15) is 0 Å². The second-order valence-corrected chi connectivity index (χ2v) is 11.8. The van der Waals surface area contributed by atoms with Crippen LogP contribution in [0.5, 0.6) is 0 Å². The number of non-ortho nitro benzene ring substituents is 1. The largest absolute Gasteiger partial charge is 0.399 e. The molecule has 0 bridgehead atoms. The maximum atomic E-state index is 11.5. The van der Waals surface area contributed by atoms with Crippen LogP contribution in [0.2, 0.25) is 0 Å². The summed E-state index contributed by atoms with van der Waals surface area (Å²) < 4.78 is 4.96. The third-order valence-electron chi connectivity index (χ3n) is 8.50. The molecule has 0 saturated carbocycles. The lowest BCUT2D eigenvalue weighted by molar-refractivity contribution is -0.384. The Hall–Kier alpha value is -7.08. The van der Waals surface area contributed by atoms with E-state index in [-0.39, 0.29) is 27.9 Å². The van der Waals surface area contributed by atoms with Crippen molar-refractivity contribution in [3.63, 3.8) is 0 Å². The molecule has 0 unspecified atom stereocenters. The van der Waals surface area contributed by atoms with Gasteiger partial charge in [0, 0.05) is 78.5 Å². The predicted octanol–water partition coefficient (Wildman–Crippen LogP) is 6.60. The van der Waals surface area contributed by atoms with E-state index in [1.807, 2.05) is 86.6 Å². The normalized spacial score (nSPS) is 10.5. The van der Waals surface area contributed by atoms with Crippen LogP contribution in [0.15, 0.2) is 153 Å². The molecule has 12 heteroatoms. The fourth-order valence-electron chi connectivity index (χ4n) is 5.80. The van der Waals surface area contributed by atoms with Gasteiger partial charge in [0.05, 0.1) is 21.5 Å². The van der Waals surface area contributed by atoms with Crippen LogP contribution in [0, 0.1) is 10.1 Å². The van der Waals surface area contributed by atoms with Crippen LogP contribution in [-0.4, -0.2) is 23.6 Å². The lowest BCUT2D eigenvalue weighted by Gasteiger charge is -2.06. The Labute approximate surface area is 302 Å². The number of rotatable bonds is 3. The Morgan fingerprint density at radius 2 is 1.11 bits per heavy atom.